The van der Waals surface area contributed by atoms with Gasteiger partial charge in [0.25, 0.3) is 0 Å². The van der Waals surface area contributed by atoms with E-state index < -0.39 is 0 Å². The van der Waals surface area contributed by atoms with Gasteiger partial charge in [-0.1, -0.05) is 24.3 Å². The number of hydrogen-bond acceptors (Lipinski definition) is 4. The Bertz CT molecular complexity index is 680. The summed E-state index contributed by atoms with van der Waals surface area (Å²) in [7, 11) is 0. The molecule has 1 amide bonds. The highest BCUT2D eigenvalue weighted by Crippen LogP contribution is 2.30. The van der Waals surface area contributed by atoms with E-state index in [-0.39, 0.29) is 30.9 Å². The zero-order valence-electron chi connectivity index (χ0n) is 15.5. The van der Waals surface area contributed by atoms with E-state index >= 15 is 0 Å². The fourth-order valence-corrected chi connectivity index (χ4v) is 2.45. The molecule has 2 rings (SSSR count). The number of benzene rings is 2. The first-order chi connectivity index (χ1) is 12.1. The Morgan fingerprint density at radius 2 is 1.65 bits per heavy atom. The Labute approximate surface area is 161 Å². The zero-order valence-corrected chi connectivity index (χ0v) is 16.3. The van der Waals surface area contributed by atoms with Crippen LogP contribution in [0.25, 0.3) is 0 Å². The van der Waals surface area contributed by atoms with Crippen LogP contribution in [0.2, 0.25) is 0 Å². The van der Waals surface area contributed by atoms with Gasteiger partial charge < -0.3 is 20.1 Å². The summed E-state index contributed by atoms with van der Waals surface area (Å²) in [5, 5.41) is 6.09. The van der Waals surface area contributed by atoms with Crippen LogP contribution in [-0.4, -0.2) is 25.7 Å². The Kier molecular flexibility index (Phi) is 9.37. The first-order valence-corrected chi connectivity index (χ1v) is 8.61. The third kappa shape index (κ3) is 6.48. The maximum absolute atomic E-state index is 12.2. The molecule has 0 radical (unpaired) electrons. The fourth-order valence-electron chi connectivity index (χ4n) is 2.45. The maximum atomic E-state index is 12.2. The van der Waals surface area contributed by atoms with Gasteiger partial charge in [-0.05, 0) is 50.6 Å². The molecule has 2 aromatic rings. The molecule has 142 valence electrons. The number of carbonyl (C=O) groups excluding carboxylic acids is 1. The minimum absolute atomic E-state index is 0. The van der Waals surface area contributed by atoms with E-state index in [1.165, 1.54) is 0 Å². The topological polar surface area (TPSA) is 59.6 Å². The van der Waals surface area contributed by atoms with Crippen molar-refractivity contribution in [3.8, 4) is 11.5 Å². The summed E-state index contributed by atoms with van der Waals surface area (Å²) in [5.74, 6) is 1.35. The quantitative estimate of drug-likeness (QED) is 0.686. The first kappa shape index (κ1) is 21.6. The molecule has 0 aliphatic carbocycles. The van der Waals surface area contributed by atoms with Gasteiger partial charge in [0, 0.05) is 5.69 Å². The van der Waals surface area contributed by atoms with E-state index in [1.54, 1.807) is 0 Å². The molecule has 0 aromatic heterocycles. The van der Waals surface area contributed by atoms with Crippen LogP contribution in [0, 0.1) is 0 Å². The normalized spacial score (nSPS) is 11.0. The van der Waals surface area contributed by atoms with Gasteiger partial charge in [0.05, 0.1) is 25.8 Å². The monoisotopic (exact) mass is 378 g/mol. The number of rotatable bonds is 9. The number of halogens is 1. The summed E-state index contributed by atoms with van der Waals surface area (Å²) in [5.41, 5.74) is 1.89. The van der Waals surface area contributed by atoms with Crippen LogP contribution in [0.15, 0.2) is 48.5 Å². The fraction of sp³-hybridized carbons (Fsp3) is 0.350. The van der Waals surface area contributed by atoms with Crippen molar-refractivity contribution in [2.45, 2.75) is 26.8 Å². The third-order valence-corrected chi connectivity index (χ3v) is 3.67. The van der Waals surface area contributed by atoms with E-state index in [0.29, 0.717) is 19.0 Å². The molecule has 5 nitrogen and oxygen atoms in total. The molecule has 2 aromatic carbocycles. The number of hydrogen-bond donors (Lipinski definition) is 2. The van der Waals surface area contributed by atoms with Crippen molar-refractivity contribution in [2.75, 3.05) is 25.1 Å². The molecule has 6 heteroatoms. The molecule has 0 bridgehead atoms. The second-order valence-corrected chi connectivity index (χ2v) is 5.58. The smallest absolute Gasteiger partial charge is 0.239 e. The molecule has 2 N–H and O–H groups in total. The van der Waals surface area contributed by atoms with Crippen molar-refractivity contribution >= 4 is 24.0 Å². The lowest BCUT2D eigenvalue weighted by Crippen LogP contribution is -2.32. The van der Waals surface area contributed by atoms with Gasteiger partial charge in [-0.2, -0.15) is 0 Å². The molecular formula is C20H27ClN2O3. The van der Waals surface area contributed by atoms with E-state index in [1.807, 2.05) is 69.3 Å². The summed E-state index contributed by atoms with van der Waals surface area (Å²) >= 11 is 0. The van der Waals surface area contributed by atoms with Crippen molar-refractivity contribution in [3.63, 3.8) is 0 Å². The first-order valence-electron chi connectivity index (χ1n) is 8.61. The predicted molar refractivity (Wildman–Crippen MR) is 108 cm³/mol. The van der Waals surface area contributed by atoms with Crippen LogP contribution < -0.4 is 20.1 Å². The summed E-state index contributed by atoms with van der Waals surface area (Å²) in [6.45, 7) is 7.19. The molecule has 0 spiro atoms. The lowest BCUT2D eigenvalue weighted by molar-refractivity contribution is -0.120. The number of anilines is 1. The van der Waals surface area contributed by atoms with Crippen molar-refractivity contribution in [3.05, 3.63) is 54.1 Å². The Morgan fingerprint density at radius 1 is 1.00 bits per heavy atom. The van der Waals surface area contributed by atoms with Crippen LogP contribution in [0.4, 0.5) is 5.69 Å². The second kappa shape index (κ2) is 11.3. The number of nitrogens with one attached hydrogen (secondary N) is 2. The number of ether oxygens (including phenoxy) is 2. The summed E-state index contributed by atoms with van der Waals surface area (Å²) in [4.78, 5) is 12.2. The summed E-state index contributed by atoms with van der Waals surface area (Å²) < 4.78 is 11.2. The van der Waals surface area contributed by atoms with Gasteiger partial charge >= 0.3 is 0 Å². The molecule has 0 fully saturated rings. The molecule has 26 heavy (non-hydrogen) atoms. The minimum Gasteiger partial charge on any atom is -0.490 e. The average molecular weight is 379 g/mol. The van der Waals surface area contributed by atoms with Crippen molar-refractivity contribution < 1.29 is 14.3 Å². The Morgan fingerprint density at radius 3 is 2.31 bits per heavy atom. The summed E-state index contributed by atoms with van der Waals surface area (Å²) in [6, 6.07) is 15.3. The maximum Gasteiger partial charge on any atom is 0.239 e. The van der Waals surface area contributed by atoms with E-state index in [0.717, 1.165) is 17.0 Å². The van der Waals surface area contributed by atoms with Crippen LogP contribution in [0.1, 0.15) is 32.4 Å². The van der Waals surface area contributed by atoms with Crippen LogP contribution in [0.3, 0.4) is 0 Å². The molecule has 0 saturated carbocycles. The highest BCUT2D eigenvalue weighted by Gasteiger charge is 2.13. The van der Waals surface area contributed by atoms with Gasteiger partial charge in [-0.3, -0.25) is 4.79 Å². The predicted octanol–water partition coefficient (Wildman–Crippen LogP) is 4.20. The van der Waals surface area contributed by atoms with Gasteiger partial charge in [-0.25, -0.2) is 0 Å². The highest BCUT2D eigenvalue weighted by molar-refractivity contribution is 5.85. The standard InChI is InChI=1S/C20H26N2O3.ClH/c1-4-24-18-12-11-16(13-19(18)25-5-2)15(3)22-20(23)14-21-17-9-7-6-8-10-17;/h6-13,15,21H,4-5,14H2,1-3H3,(H,22,23);1H. The number of amides is 1. The molecule has 0 aliphatic heterocycles. The second-order valence-electron chi connectivity index (χ2n) is 5.58. The Balaban J connectivity index is 0.00000338. The summed E-state index contributed by atoms with van der Waals surface area (Å²) in [6.07, 6.45) is 0. The SMILES string of the molecule is CCOc1ccc(C(C)NC(=O)CNc2ccccc2)cc1OCC.Cl. The molecule has 0 heterocycles. The zero-order chi connectivity index (χ0) is 18.1. The molecule has 1 unspecified atom stereocenters. The van der Waals surface area contributed by atoms with Gasteiger partial charge in [-0.15, -0.1) is 12.4 Å². The average Bonchev–Trinajstić information content (AvgIpc) is 2.62. The van der Waals surface area contributed by atoms with Crippen LogP contribution >= 0.6 is 12.4 Å². The van der Waals surface area contributed by atoms with E-state index in [2.05, 4.69) is 10.6 Å². The molecular weight excluding hydrogens is 352 g/mol. The van der Waals surface area contributed by atoms with Crippen LogP contribution in [0.5, 0.6) is 11.5 Å². The van der Waals surface area contributed by atoms with Crippen molar-refractivity contribution in [2.24, 2.45) is 0 Å². The third-order valence-electron chi connectivity index (χ3n) is 3.67. The molecule has 1 atom stereocenters. The highest BCUT2D eigenvalue weighted by atomic mass is 35.5. The molecule has 0 saturated heterocycles. The van der Waals surface area contributed by atoms with Crippen molar-refractivity contribution in [1.29, 1.82) is 0 Å². The Hall–Kier alpha value is -2.40. The van der Waals surface area contributed by atoms with Crippen molar-refractivity contribution in [1.82, 2.24) is 5.32 Å². The largest absolute Gasteiger partial charge is 0.490 e. The van der Waals surface area contributed by atoms with Gasteiger partial charge in [0.1, 0.15) is 0 Å². The number of carbonyl (C=O) groups is 1. The van der Waals surface area contributed by atoms with E-state index in [4.69, 9.17) is 9.47 Å². The lowest BCUT2D eigenvalue weighted by Gasteiger charge is -2.18. The number of para-hydroxylation sites is 1. The van der Waals surface area contributed by atoms with Gasteiger partial charge in [0.2, 0.25) is 5.91 Å². The van der Waals surface area contributed by atoms with Gasteiger partial charge in [0.15, 0.2) is 11.5 Å². The molecule has 0 aliphatic rings. The lowest BCUT2D eigenvalue weighted by atomic mass is 10.1. The van der Waals surface area contributed by atoms with Crippen LogP contribution in [-0.2, 0) is 4.79 Å². The van der Waals surface area contributed by atoms with E-state index in [9.17, 15) is 4.79 Å². The minimum atomic E-state index is -0.125.